The van der Waals surface area contributed by atoms with Crippen molar-refractivity contribution in [2.45, 2.75) is 32.0 Å². The number of carbonyl (C=O) groups is 2. The first-order chi connectivity index (χ1) is 11.8. The first-order valence-electron chi connectivity index (χ1n) is 7.87. The summed E-state index contributed by atoms with van der Waals surface area (Å²) in [5.74, 6) is -2.38. The van der Waals surface area contributed by atoms with Gasteiger partial charge in [0.1, 0.15) is 5.01 Å². The number of alkyl halides is 3. The topological polar surface area (TPSA) is 71.5 Å². The van der Waals surface area contributed by atoms with Crippen molar-refractivity contribution in [2.24, 2.45) is 5.92 Å². The molecule has 2 heterocycles. The highest BCUT2D eigenvalue weighted by atomic mass is 32.1. The number of methoxy groups -OCH3 is 1. The number of rotatable bonds is 6. The lowest BCUT2D eigenvalue weighted by atomic mass is 9.96. The molecule has 0 saturated carbocycles. The Labute approximate surface area is 147 Å². The summed E-state index contributed by atoms with van der Waals surface area (Å²) in [5, 5.41) is 5.56. The van der Waals surface area contributed by atoms with Crippen molar-refractivity contribution in [3.63, 3.8) is 0 Å². The zero-order valence-corrected chi connectivity index (χ0v) is 14.6. The van der Waals surface area contributed by atoms with Gasteiger partial charge in [0.15, 0.2) is 0 Å². The first-order valence-corrected chi connectivity index (χ1v) is 8.75. The number of carbonyl (C=O) groups excluding carboxylic acids is 2. The van der Waals surface area contributed by atoms with E-state index in [-0.39, 0.29) is 37.8 Å². The highest BCUT2D eigenvalue weighted by Gasteiger charge is 2.43. The van der Waals surface area contributed by atoms with E-state index in [1.807, 2.05) is 5.38 Å². The molecule has 0 bridgehead atoms. The van der Waals surface area contributed by atoms with E-state index < -0.39 is 12.1 Å². The molecule has 140 valence electrons. The second-order valence-corrected chi connectivity index (χ2v) is 6.71. The fraction of sp³-hybridized carbons (Fsp3) is 0.667. The van der Waals surface area contributed by atoms with Crippen LogP contribution in [0, 0.1) is 5.92 Å². The van der Waals surface area contributed by atoms with Gasteiger partial charge >= 0.3 is 12.1 Å². The molecule has 1 aliphatic heterocycles. The second kappa shape index (κ2) is 8.61. The van der Waals surface area contributed by atoms with E-state index >= 15 is 0 Å². The maximum absolute atomic E-state index is 12.4. The molecule has 0 unspecified atom stereocenters. The van der Waals surface area contributed by atoms with Gasteiger partial charge in [-0.1, -0.05) is 0 Å². The minimum atomic E-state index is -4.86. The number of hydrogen-bond acceptors (Lipinski definition) is 5. The second-order valence-electron chi connectivity index (χ2n) is 5.77. The molecule has 1 fully saturated rings. The average molecular weight is 379 g/mol. The van der Waals surface area contributed by atoms with Crippen LogP contribution in [0.2, 0.25) is 0 Å². The van der Waals surface area contributed by atoms with Crippen LogP contribution in [-0.4, -0.2) is 54.6 Å². The van der Waals surface area contributed by atoms with Crippen LogP contribution in [0.25, 0.3) is 0 Å². The third-order valence-corrected chi connectivity index (χ3v) is 4.81. The molecule has 1 aromatic rings. The number of hydrogen-bond donors (Lipinski definition) is 1. The van der Waals surface area contributed by atoms with Gasteiger partial charge in [0.2, 0.25) is 5.91 Å². The Balaban J connectivity index is 1.71. The van der Waals surface area contributed by atoms with E-state index in [0.29, 0.717) is 19.6 Å². The predicted octanol–water partition coefficient (Wildman–Crippen LogP) is 1.75. The number of amides is 2. The largest absolute Gasteiger partial charge is 0.471 e. The number of nitrogens with one attached hydrogen (secondary N) is 1. The number of thiazole rings is 1. The fourth-order valence-corrected chi connectivity index (χ4v) is 3.43. The van der Waals surface area contributed by atoms with Crippen molar-refractivity contribution in [3.05, 3.63) is 16.1 Å². The van der Waals surface area contributed by atoms with Gasteiger partial charge in [0, 0.05) is 44.5 Å². The fourth-order valence-electron chi connectivity index (χ4n) is 2.64. The minimum absolute atomic E-state index is 0.0527. The molecule has 0 atom stereocenters. The number of ether oxygens (including phenoxy) is 1. The van der Waals surface area contributed by atoms with Crippen LogP contribution in [-0.2, 0) is 27.4 Å². The average Bonchev–Trinajstić information content (AvgIpc) is 3.01. The summed E-state index contributed by atoms with van der Waals surface area (Å²) in [7, 11) is 1.59. The summed E-state index contributed by atoms with van der Waals surface area (Å²) in [6, 6.07) is 0. The molecule has 0 spiro atoms. The Morgan fingerprint density at radius 3 is 2.68 bits per heavy atom. The third kappa shape index (κ3) is 5.67. The van der Waals surface area contributed by atoms with Gasteiger partial charge in [-0.15, -0.1) is 11.3 Å². The number of nitrogens with zero attached hydrogens (tertiary/aromatic N) is 2. The number of aromatic nitrogens is 1. The van der Waals surface area contributed by atoms with E-state index in [0.717, 1.165) is 15.6 Å². The summed E-state index contributed by atoms with van der Waals surface area (Å²) in [6.07, 6.45) is -3.80. The Morgan fingerprint density at radius 2 is 2.08 bits per heavy atom. The molecule has 2 rings (SSSR count). The monoisotopic (exact) mass is 379 g/mol. The van der Waals surface area contributed by atoms with Crippen LogP contribution >= 0.6 is 11.3 Å². The Kier molecular flexibility index (Phi) is 6.77. The van der Waals surface area contributed by atoms with Crippen LogP contribution in [0.1, 0.15) is 23.5 Å². The molecule has 10 heteroatoms. The van der Waals surface area contributed by atoms with Gasteiger partial charge in [0.05, 0.1) is 12.3 Å². The lowest BCUT2D eigenvalue weighted by Gasteiger charge is -2.31. The zero-order valence-electron chi connectivity index (χ0n) is 13.8. The van der Waals surface area contributed by atoms with Gasteiger partial charge < -0.3 is 15.0 Å². The van der Waals surface area contributed by atoms with Crippen molar-refractivity contribution >= 4 is 23.2 Å². The zero-order chi connectivity index (χ0) is 18.4. The molecule has 1 aliphatic rings. The normalized spacial score (nSPS) is 16.1. The molecule has 1 saturated heterocycles. The highest BCUT2D eigenvalue weighted by molar-refractivity contribution is 7.09. The first kappa shape index (κ1) is 19.6. The molecule has 6 nitrogen and oxygen atoms in total. The van der Waals surface area contributed by atoms with Crippen LogP contribution < -0.4 is 5.32 Å². The smallest absolute Gasteiger partial charge is 0.378 e. The lowest BCUT2D eigenvalue weighted by molar-refractivity contribution is -0.186. The van der Waals surface area contributed by atoms with Crippen molar-refractivity contribution in [3.8, 4) is 0 Å². The number of likely N-dealkylation sites (tertiary alicyclic amines) is 1. The van der Waals surface area contributed by atoms with E-state index in [1.165, 1.54) is 11.3 Å². The van der Waals surface area contributed by atoms with E-state index in [2.05, 4.69) is 10.3 Å². The van der Waals surface area contributed by atoms with Gasteiger partial charge in [-0.2, -0.15) is 13.2 Å². The lowest BCUT2D eigenvalue weighted by Crippen LogP contribution is -2.47. The Morgan fingerprint density at radius 1 is 1.40 bits per heavy atom. The van der Waals surface area contributed by atoms with Gasteiger partial charge in [0.25, 0.3) is 0 Å². The summed E-state index contributed by atoms with van der Waals surface area (Å²) >= 11 is 1.49. The van der Waals surface area contributed by atoms with E-state index in [1.54, 1.807) is 7.11 Å². The van der Waals surface area contributed by atoms with Crippen molar-refractivity contribution in [2.75, 3.05) is 26.7 Å². The Hall–Kier alpha value is -1.68. The molecule has 0 radical (unpaired) electrons. The molecular formula is C15H20F3N3O3S. The Bertz CT molecular complexity index is 598. The van der Waals surface area contributed by atoms with Gasteiger partial charge in [-0.25, -0.2) is 4.98 Å². The van der Waals surface area contributed by atoms with Crippen LogP contribution in [0.3, 0.4) is 0 Å². The van der Waals surface area contributed by atoms with Crippen molar-refractivity contribution < 1.29 is 27.5 Å². The molecule has 25 heavy (non-hydrogen) atoms. The molecule has 2 amide bonds. The molecule has 1 N–H and O–H groups in total. The van der Waals surface area contributed by atoms with E-state index in [9.17, 15) is 22.8 Å². The molecule has 0 aliphatic carbocycles. The predicted molar refractivity (Wildman–Crippen MR) is 84.9 cm³/mol. The summed E-state index contributed by atoms with van der Waals surface area (Å²) < 4.78 is 42.1. The summed E-state index contributed by atoms with van der Waals surface area (Å²) in [5.41, 5.74) is 0.864. The maximum Gasteiger partial charge on any atom is 0.471 e. The SMILES string of the molecule is COCc1nc(CCNC(=O)C2CCN(C(=O)C(F)(F)F)CC2)cs1. The number of piperidine rings is 1. The molecule has 1 aromatic heterocycles. The summed E-state index contributed by atoms with van der Waals surface area (Å²) in [4.78, 5) is 28.4. The van der Waals surface area contributed by atoms with Gasteiger partial charge in [-0.05, 0) is 12.8 Å². The van der Waals surface area contributed by atoms with E-state index in [4.69, 9.17) is 4.74 Å². The van der Waals surface area contributed by atoms with Gasteiger partial charge in [-0.3, -0.25) is 9.59 Å². The third-order valence-electron chi connectivity index (χ3n) is 3.94. The van der Waals surface area contributed by atoms with Crippen molar-refractivity contribution in [1.29, 1.82) is 0 Å². The minimum Gasteiger partial charge on any atom is -0.378 e. The summed E-state index contributed by atoms with van der Waals surface area (Å²) in [6.45, 7) is 0.759. The molecular weight excluding hydrogens is 359 g/mol. The highest BCUT2D eigenvalue weighted by Crippen LogP contribution is 2.24. The maximum atomic E-state index is 12.4. The van der Waals surface area contributed by atoms with Crippen LogP contribution in [0.4, 0.5) is 13.2 Å². The number of halogens is 3. The standard InChI is InChI=1S/C15H20F3N3O3S/c1-24-8-12-20-11(9-25-12)2-5-19-13(22)10-3-6-21(7-4-10)14(23)15(16,17)18/h9-10H,2-8H2,1H3,(H,19,22). The van der Waals surface area contributed by atoms with Crippen LogP contribution in [0.5, 0.6) is 0 Å². The quantitative estimate of drug-likeness (QED) is 0.818. The molecule has 0 aromatic carbocycles. The van der Waals surface area contributed by atoms with Crippen LogP contribution in [0.15, 0.2) is 5.38 Å². The van der Waals surface area contributed by atoms with Crippen molar-refractivity contribution in [1.82, 2.24) is 15.2 Å².